The van der Waals surface area contributed by atoms with Gasteiger partial charge in [0.2, 0.25) is 11.7 Å². The van der Waals surface area contributed by atoms with Crippen molar-refractivity contribution in [2.75, 3.05) is 18.0 Å². The van der Waals surface area contributed by atoms with Crippen molar-refractivity contribution in [3.8, 4) is 5.82 Å². The Balaban J connectivity index is 1.88. The molecule has 0 bridgehead atoms. The van der Waals surface area contributed by atoms with Crippen LogP contribution in [0.1, 0.15) is 25.0 Å². The summed E-state index contributed by atoms with van der Waals surface area (Å²) < 4.78 is 16.7. The molecule has 0 aliphatic carbocycles. The SMILES string of the molecule is Cc1cn2c(N3CCCCC3)cc(-n3ccc(F)n3)nc2n1. The first-order chi connectivity index (χ1) is 10.7. The van der Waals surface area contributed by atoms with Gasteiger partial charge in [0, 0.05) is 37.6 Å². The molecular weight excluding hydrogens is 283 g/mol. The summed E-state index contributed by atoms with van der Waals surface area (Å²) in [6.07, 6.45) is 7.20. The molecule has 22 heavy (non-hydrogen) atoms. The molecule has 0 aromatic carbocycles. The number of hydrogen-bond donors (Lipinski definition) is 0. The summed E-state index contributed by atoms with van der Waals surface area (Å²) in [5.41, 5.74) is 0.912. The molecule has 0 unspecified atom stereocenters. The van der Waals surface area contributed by atoms with Gasteiger partial charge in [0.25, 0.3) is 0 Å². The van der Waals surface area contributed by atoms with Crippen LogP contribution in [0, 0.1) is 12.9 Å². The van der Waals surface area contributed by atoms with Gasteiger partial charge in [0.15, 0.2) is 5.82 Å². The monoisotopic (exact) mass is 300 g/mol. The van der Waals surface area contributed by atoms with Crippen LogP contribution in [0.2, 0.25) is 0 Å². The number of imidazole rings is 1. The number of hydrogen-bond acceptors (Lipinski definition) is 4. The third-order valence-electron chi connectivity index (χ3n) is 4.00. The molecule has 1 saturated heterocycles. The zero-order valence-electron chi connectivity index (χ0n) is 12.4. The summed E-state index contributed by atoms with van der Waals surface area (Å²) in [4.78, 5) is 11.3. The van der Waals surface area contributed by atoms with E-state index in [1.54, 1.807) is 6.20 Å². The zero-order valence-corrected chi connectivity index (χ0v) is 12.4. The van der Waals surface area contributed by atoms with Crippen molar-refractivity contribution in [3.63, 3.8) is 0 Å². The van der Waals surface area contributed by atoms with Crippen molar-refractivity contribution >= 4 is 11.6 Å². The Bertz CT molecular complexity index is 815. The highest BCUT2D eigenvalue weighted by molar-refractivity contribution is 5.53. The first-order valence-corrected chi connectivity index (χ1v) is 7.54. The molecule has 4 rings (SSSR count). The van der Waals surface area contributed by atoms with Crippen LogP contribution in [-0.4, -0.2) is 37.2 Å². The zero-order chi connectivity index (χ0) is 15.1. The van der Waals surface area contributed by atoms with Gasteiger partial charge >= 0.3 is 0 Å². The fraction of sp³-hybridized carbons (Fsp3) is 0.400. The number of halogens is 1. The van der Waals surface area contributed by atoms with Crippen LogP contribution < -0.4 is 4.90 Å². The summed E-state index contributed by atoms with van der Waals surface area (Å²) >= 11 is 0. The number of piperidine rings is 1. The molecular formula is C15H17FN6. The third kappa shape index (κ3) is 2.22. The van der Waals surface area contributed by atoms with E-state index < -0.39 is 5.95 Å². The maximum absolute atomic E-state index is 13.2. The van der Waals surface area contributed by atoms with Gasteiger partial charge in [-0.15, -0.1) is 5.10 Å². The Kier molecular flexibility index (Phi) is 3.06. The number of rotatable bonds is 2. The molecule has 0 spiro atoms. The van der Waals surface area contributed by atoms with Crippen LogP contribution in [-0.2, 0) is 0 Å². The van der Waals surface area contributed by atoms with E-state index in [0.29, 0.717) is 11.6 Å². The normalized spacial score (nSPS) is 15.6. The van der Waals surface area contributed by atoms with Gasteiger partial charge in [-0.05, 0) is 26.2 Å². The minimum Gasteiger partial charge on any atom is -0.358 e. The number of fused-ring (bicyclic) bond motifs is 1. The smallest absolute Gasteiger partial charge is 0.237 e. The van der Waals surface area contributed by atoms with Crippen LogP contribution >= 0.6 is 0 Å². The molecule has 1 aliphatic heterocycles. The van der Waals surface area contributed by atoms with Crippen molar-refractivity contribution in [3.05, 3.63) is 36.2 Å². The standard InChI is InChI=1S/C15H17FN6/c1-11-10-21-14(20-6-3-2-4-7-20)9-13(18-15(21)17-11)22-8-5-12(16)19-22/h5,8-10H,2-4,6-7H2,1H3. The maximum atomic E-state index is 13.2. The number of nitrogens with zero attached hydrogens (tertiary/aromatic N) is 6. The van der Waals surface area contributed by atoms with E-state index in [2.05, 4.69) is 20.0 Å². The second kappa shape index (κ2) is 5.08. The van der Waals surface area contributed by atoms with Crippen LogP contribution in [0.15, 0.2) is 24.5 Å². The summed E-state index contributed by atoms with van der Waals surface area (Å²) in [5, 5.41) is 3.81. The van der Waals surface area contributed by atoms with Gasteiger partial charge in [-0.25, -0.2) is 9.67 Å². The van der Waals surface area contributed by atoms with E-state index in [1.807, 2.05) is 23.6 Å². The summed E-state index contributed by atoms with van der Waals surface area (Å²) in [5.74, 6) is 1.73. The molecule has 0 saturated carbocycles. The van der Waals surface area contributed by atoms with Crippen molar-refractivity contribution in [2.45, 2.75) is 26.2 Å². The fourth-order valence-electron chi connectivity index (χ4n) is 2.97. The van der Waals surface area contributed by atoms with E-state index >= 15 is 0 Å². The van der Waals surface area contributed by atoms with Crippen LogP contribution in [0.5, 0.6) is 0 Å². The second-order valence-corrected chi connectivity index (χ2v) is 5.66. The van der Waals surface area contributed by atoms with Gasteiger partial charge in [-0.2, -0.15) is 9.37 Å². The van der Waals surface area contributed by atoms with Gasteiger partial charge in [-0.3, -0.25) is 4.40 Å². The Morgan fingerprint density at radius 2 is 1.95 bits per heavy atom. The number of aryl methyl sites for hydroxylation is 1. The van der Waals surface area contributed by atoms with Gasteiger partial charge in [-0.1, -0.05) is 0 Å². The molecule has 0 N–H and O–H groups in total. The van der Waals surface area contributed by atoms with Crippen molar-refractivity contribution in [2.24, 2.45) is 0 Å². The molecule has 3 aromatic rings. The molecule has 114 valence electrons. The Morgan fingerprint density at radius 3 is 2.68 bits per heavy atom. The lowest BCUT2D eigenvalue weighted by atomic mass is 10.1. The van der Waals surface area contributed by atoms with Crippen LogP contribution in [0.4, 0.5) is 10.2 Å². The van der Waals surface area contributed by atoms with Crippen molar-refractivity contribution < 1.29 is 4.39 Å². The third-order valence-corrected chi connectivity index (χ3v) is 4.00. The second-order valence-electron chi connectivity index (χ2n) is 5.66. The minimum absolute atomic E-state index is 0.513. The molecule has 1 aliphatic rings. The highest BCUT2D eigenvalue weighted by Crippen LogP contribution is 2.23. The van der Waals surface area contributed by atoms with E-state index in [9.17, 15) is 4.39 Å². The average molecular weight is 300 g/mol. The quantitative estimate of drug-likeness (QED) is 0.729. The average Bonchev–Trinajstić information content (AvgIpc) is 3.11. The highest BCUT2D eigenvalue weighted by atomic mass is 19.1. The molecule has 0 amide bonds. The lowest BCUT2D eigenvalue weighted by molar-refractivity contribution is 0.562. The summed E-state index contributed by atoms with van der Waals surface area (Å²) in [6, 6.07) is 3.27. The lowest BCUT2D eigenvalue weighted by Gasteiger charge is -2.29. The van der Waals surface area contributed by atoms with E-state index in [0.717, 1.165) is 24.6 Å². The Labute approximate surface area is 127 Å². The molecule has 1 fully saturated rings. The van der Waals surface area contributed by atoms with Crippen molar-refractivity contribution in [1.29, 1.82) is 0 Å². The van der Waals surface area contributed by atoms with E-state index in [1.165, 1.54) is 30.0 Å². The van der Waals surface area contributed by atoms with Crippen molar-refractivity contribution in [1.82, 2.24) is 24.1 Å². The minimum atomic E-state index is -0.513. The van der Waals surface area contributed by atoms with Crippen LogP contribution in [0.25, 0.3) is 11.6 Å². The van der Waals surface area contributed by atoms with Crippen LogP contribution in [0.3, 0.4) is 0 Å². The molecule has 7 heteroatoms. The summed E-state index contributed by atoms with van der Waals surface area (Å²) in [6.45, 7) is 3.98. The topological polar surface area (TPSA) is 51.2 Å². The molecule has 0 atom stereocenters. The van der Waals surface area contributed by atoms with E-state index in [4.69, 9.17) is 0 Å². The Morgan fingerprint density at radius 1 is 1.14 bits per heavy atom. The largest absolute Gasteiger partial charge is 0.358 e. The Hall–Kier alpha value is -2.44. The predicted molar refractivity (Wildman–Crippen MR) is 80.9 cm³/mol. The highest BCUT2D eigenvalue weighted by Gasteiger charge is 2.17. The molecule has 3 aromatic heterocycles. The molecule has 6 nitrogen and oxygen atoms in total. The number of anilines is 1. The lowest BCUT2D eigenvalue weighted by Crippen LogP contribution is -2.31. The van der Waals surface area contributed by atoms with Gasteiger partial charge in [0.1, 0.15) is 5.82 Å². The molecule has 4 heterocycles. The number of aromatic nitrogens is 5. The summed E-state index contributed by atoms with van der Waals surface area (Å²) in [7, 11) is 0. The van der Waals surface area contributed by atoms with Gasteiger partial charge < -0.3 is 4.90 Å². The first kappa shape index (κ1) is 13.2. The maximum Gasteiger partial charge on any atom is 0.237 e. The van der Waals surface area contributed by atoms with Gasteiger partial charge in [0.05, 0.1) is 5.69 Å². The molecule has 0 radical (unpaired) electrons. The first-order valence-electron chi connectivity index (χ1n) is 7.54. The van der Waals surface area contributed by atoms with E-state index in [-0.39, 0.29) is 0 Å². The fourth-order valence-corrected chi connectivity index (χ4v) is 2.97. The predicted octanol–water partition coefficient (Wildman–Crippen LogP) is 2.35.